The van der Waals surface area contributed by atoms with Crippen LogP contribution in [0.1, 0.15) is 5.82 Å². The van der Waals surface area contributed by atoms with Crippen LogP contribution in [0.4, 0.5) is 11.4 Å². The van der Waals surface area contributed by atoms with Crippen molar-refractivity contribution in [3.8, 4) is 0 Å². The summed E-state index contributed by atoms with van der Waals surface area (Å²) >= 11 is 0. The lowest BCUT2D eigenvalue weighted by atomic mass is 10.2. The zero-order valence-electron chi connectivity index (χ0n) is 10.5. The summed E-state index contributed by atoms with van der Waals surface area (Å²) in [5, 5.41) is 20.5. The Morgan fingerprint density at radius 3 is 2.90 bits per heavy atom. The summed E-state index contributed by atoms with van der Waals surface area (Å²) in [5.41, 5.74) is -0.0168. The first-order chi connectivity index (χ1) is 10.1. The fourth-order valence-electron chi connectivity index (χ4n) is 1.89. The van der Waals surface area contributed by atoms with Crippen LogP contribution in [0.2, 0.25) is 0 Å². The Bertz CT molecular complexity index is 856. The van der Waals surface area contributed by atoms with Crippen molar-refractivity contribution in [1.82, 2.24) is 25.1 Å². The summed E-state index contributed by atoms with van der Waals surface area (Å²) in [6.07, 6.45) is 2.59. The number of hydrogen-bond donors (Lipinski definition) is 3. The first-order valence-corrected chi connectivity index (χ1v) is 5.89. The summed E-state index contributed by atoms with van der Waals surface area (Å²) in [6, 6.07) is 2.66. The maximum absolute atomic E-state index is 11.6. The fraction of sp³-hybridized carbons (Fsp3) is 0.0909. The maximum atomic E-state index is 11.6. The number of nitrogens with zero attached hydrogens (tertiary/aromatic N) is 4. The van der Waals surface area contributed by atoms with E-state index in [9.17, 15) is 14.9 Å². The molecule has 10 heteroatoms. The molecule has 0 bridgehead atoms. The van der Waals surface area contributed by atoms with Crippen molar-refractivity contribution in [3.63, 3.8) is 0 Å². The smallest absolute Gasteiger partial charge is 0.293 e. The van der Waals surface area contributed by atoms with E-state index in [1.807, 2.05) is 0 Å². The zero-order valence-corrected chi connectivity index (χ0v) is 10.5. The average molecular weight is 287 g/mol. The number of anilines is 1. The molecule has 0 amide bonds. The van der Waals surface area contributed by atoms with Gasteiger partial charge in [0.2, 0.25) is 0 Å². The highest BCUT2D eigenvalue weighted by atomic mass is 16.6. The predicted molar refractivity (Wildman–Crippen MR) is 72.7 cm³/mol. The van der Waals surface area contributed by atoms with Gasteiger partial charge in [-0.25, -0.2) is 9.97 Å². The fourth-order valence-corrected chi connectivity index (χ4v) is 1.89. The van der Waals surface area contributed by atoms with E-state index < -0.39 is 10.5 Å². The van der Waals surface area contributed by atoms with E-state index in [4.69, 9.17) is 0 Å². The molecule has 3 aromatic rings. The summed E-state index contributed by atoms with van der Waals surface area (Å²) in [7, 11) is 0. The number of rotatable bonds is 4. The highest BCUT2D eigenvalue weighted by Gasteiger charge is 2.17. The molecule has 3 N–H and O–H groups in total. The molecular weight excluding hydrogens is 278 g/mol. The van der Waals surface area contributed by atoms with Gasteiger partial charge in [-0.05, 0) is 6.07 Å². The SMILES string of the molecule is O=c1[nH]cnc2cc(NCc3ncn[nH]3)c([N+](=O)[O-])cc12. The van der Waals surface area contributed by atoms with E-state index in [-0.39, 0.29) is 23.3 Å². The molecule has 3 rings (SSSR count). The number of aromatic nitrogens is 5. The lowest BCUT2D eigenvalue weighted by Crippen LogP contribution is -2.09. The third-order valence-corrected chi connectivity index (χ3v) is 2.87. The lowest BCUT2D eigenvalue weighted by molar-refractivity contribution is -0.383. The normalized spacial score (nSPS) is 10.7. The van der Waals surface area contributed by atoms with Gasteiger partial charge in [-0.15, -0.1) is 0 Å². The van der Waals surface area contributed by atoms with Crippen LogP contribution in [0.3, 0.4) is 0 Å². The van der Waals surface area contributed by atoms with Crippen molar-refractivity contribution in [2.75, 3.05) is 5.32 Å². The van der Waals surface area contributed by atoms with Crippen LogP contribution in [0.15, 0.2) is 29.6 Å². The van der Waals surface area contributed by atoms with Gasteiger partial charge in [-0.2, -0.15) is 5.10 Å². The van der Waals surface area contributed by atoms with E-state index in [2.05, 4.69) is 30.5 Å². The molecule has 0 aliphatic heterocycles. The van der Waals surface area contributed by atoms with Crippen molar-refractivity contribution in [2.45, 2.75) is 6.54 Å². The summed E-state index contributed by atoms with van der Waals surface area (Å²) < 4.78 is 0. The van der Waals surface area contributed by atoms with Gasteiger partial charge in [0, 0.05) is 6.07 Å². The number of hydrogen-bond acceptors (Lipinski definition) is 7. The second-order valence-corrected chi connectivity index (χ2v) is 4.16. The van der Waals surface area contributed by atoms with Crippen LogP contribution in [0, 0.1) is 10.1 Å². The summed E-state index contributed by atoms with van der Waals surface area (Å²) in [4.78, 5) is 32.5. The standard InChI is InChI=1S/C11H9N7O3/c19-11-6-1-9(18(20)21)8(2-7(6)13-4-15-11)12-3-10-14-5-16-17-10/h1-2,4-5,12H,3H2,(H,13,15,19)(H,14,16,17). The van der Waals surface area contributed by atoms with Crippen LogP contribution in [-0.4, -0.2) is 30.1 Å². The minimum atomic E-state index is -0.561. The van der Waals surface area contributed by atoms with E-state index in [0.29, 0.717) is 11.3 Å². The highest BCUT2D eigenvalue weighted by Crippen LogP contribution is 2.28. The van der Waals surface area contributed by atoms with E-state index in [1.54, 1.807) is 0 Å². The molecule has 0 aliphatic rings. The van der Waals surface area contributed by atoms with Gasteiger partial charge in [0.15, 0.2) is 0 Å². The number of nitrogens with one attached hydrogen (secondary N) is 3. The summed E-state index contributed by atoms with van der Waals surface area (Å²) in [5.74, 6) is 0.531. The van der Waals surface area contributed by atoms with Gasteiger partial charge in [0.1, 0.15) is 17.8 Å². The Labute approximate surface area is 116 Å². The van der Waals surface area contributed by atoms with Crippen molar-refractivity contribution < 1.29 is 4.92 Å². The zero-order chi connectivity index (χ0) is 14.8. The second-order valence-electron chi connectivity index (χ2n) is 4.16. The molecule has 0 atom stereocenters. The molecule has 2 heterocycles. The molecule has 1 aromatic carbocycles. The monoisotopic (exact) mass is 287 g/mol. The van der Waals surface area contributed by atoms with Crippen LogP contribution in [0.5, 0.6) is 0 Å². The molecular formula is C11H9N7O3. The van der Waals surface area contributed by atoms with Crippen molar-refractivity contribution in [2.24, 2.45) is 0 Å². The minimum absolute atomic E-state index is 0.161. The molecule has 2 aromatic heterocycles. The number of fused-ring (bicyclic) bond motifs is 1. The highest BCUT2D eigenvalue weighted by molar-refractivity contribution is 5.86. The van der Waals surface area contributed by atoms with Crippen LogP contribution in [0.25, 0.3) is 10.9 Å². The van der Waals surface area contributed by atoms with Crippen molar-refractivity contribution >= 4 is 22.3 Å². The van der Waals surface area contributed by atoms with Crippen LogP contribution < -0.4 is 10.9 Å². The molecule has 106 valence electrons. The van der Waals surface area contributed by atoms with Gasteiger partial charge in [-0.3, -0.25) is 20.0 Å². The molecule has 0 saturated carbocycles. The third-order valence-electron chi connectivity index (χ3n) is 2.87. The molecule has 0 spiro atoms. The number of nitro groups is 1. The minimum Gasteiger partial charge on any atom is -0.372 e. The lowest BCUT2D eigenvalue weighted by Gasteiger charge is -2.06. The maximum Gasteiger partial charge on any atom is 0.293 e. The Balaban J connectivity index is 2.05. The number of H-pyrrole nitrogens is 2. The van der Waals surface area contributed by atoms with Gasteiger partial charge < -0.3 is 10.3 Å². The molecule has 10 nitrogen and oxygen atoms in total. The van der Waals surface area contributed by atoms with E-state index in [0.717, 1.165) is 0 Å². The Kier molecular flexibility index (Phi) is 3.03. The van der Waals surface area contributed by atoms with Gasteiger partial charge in [0.25, 0.3) is 11.2 Å². The number of aromatic amines is 2. The Morgan fingerprint density at radius 2 is 2.19 bits per heavy atom. The predicted octanol–water partition coefficient (Wildman–Crippen LogP) is 0.561. The molecule has 0 fully saturated rings. The first kappa shape index (κ1) is 12.7. The molecule has 21 heavy (non-hydrogen) atoms. The molecule has 0 radical (unpaired) electrons. The van der Waals surface area contributed by atoms with Gasteiger partial charge in [-0.1, -0.05) is 0 Å². The van der Waals surface area contributed by atoms with Crippen LogP contribution in [-0.2, 0) is 6.54 Å². The van der Waals surface area contributed by atoms with Gasteiger partial charge in [0.05, 0.1) is 28.7 Å². The quantitative estimate of drug-likeness (QED) is 0.470. The Morgan fingerprint density at radius 1 is 1.33 bits per heavy atom. The van der Waals surface area contributed by atoms with Crippen LogP contribution >= 0.6 is 0 Å². The first-order valence-electron chi connectivity index (χ1n) is 5.89. The third kappa shape index (κ3) is 2.41. The van der Waals surface area contributed by atoms with Crippen molar-refractivity contribution in [1.29, 1.82) is 0 Å². The molecule has 0 unspecified atom stereocenters. The van der Waals surface area contributed by atoms with E-state index >= 15 is 0 Å². The number of benzene rings is 1. The average Bonchev–Trinajstić information content (AvgIpc) is 2.97. The molecule has 0 saturated heterocycles. The van der Waals surface area contributed by atoms with E-state index in [1.165, 1.54) is 24.8 Å². The van der Waals surface area contributed by atoms with Crippen molar-refractivity contribution in [3.05, 3.63) is 51.1 Å². The topological polar surface area (TPSA) is 142 Å². The largest absolute Gasteiger partial charge is 0.372 e. The Hall–Kier alpha value is -3.30. The molecule has 0 aliphatic carbocycles. The number of nitro benzene ring substituents is 1. The van der Waals surface area contributed by atoms with Gasteiger partial charge >= 0.3 is 0 Å². The summed E-state index contributed by atoms with van der Waals surface area (Å²) in [6.45, 7) is 0.232. The second kappa shape index (κ2) is 5.00.